The van der Waals surface area contributed by atoms with E-state index in [0.717, 1.165) is 28.7 Å². The van der Waals surface area contributed by atoms with Crippen molar-refractivity contribution >= 4 is 16.8 Å². The summed E-state index contributed by atoms with van der Waals surface area (Å²) in [5.41, 5.74) is 4.44. The average Bonchev–Trinajstić information content (AvgIpc) is 3.15. The van der Waals surface area contributed by atoms with Crippen molar-refractivity contribution in [1.29, 1.82) is 0 Å². The molecule has 3 rings (SSSR count). The third-order valence-corrected chi connectivity index (χ3v) is 4.44. The van der Waals surface area contributed by atoms with Crippen molar-refractivity contribution < 1.29 is 4.79 Å². The van der Waals surface area contributed by atoms with Crippen LogP contribution in [0.5, 0.6) is 0 Å². The van der Waals surface area contributed by atoms with E-state index in [1.807, 2.05) is 40.8 Å². The normalized spacial score (nSPS) is 11.1. The lowest BCUT2D eigenvalue weighted by Gasteiger charge is -2.07. The van der Waals surface area contributed by atoms with Gasteiger partial charge in [0.25, 0.3) is 0 Å². The first-order valence-corrected chi connectivity index (χ1v) is 8.29. The SMILES string of the molecule is CCn1ncc(CNC(=O)CCn2ncc3c(C)cccc32)c1C. The summed E-state index contributed by atoms with van der Waals surface area (Å²) >= 11 is 0. The van der Waals surface area contributed by atoms with E-state index >= 15 is 0 Å². The first kappa shape index (κ1) is 16.2. The molecule has 0 radical (unpaired) electrons. The van der Waals surface area contributed by atoms with Crippen LogP contribution in [0.2, 0.25) is 0 Å². The predicted octanol–water partition coefficient (Wildman–Crippen LogP) is 2.58. The highest BCUT2D eigenvalue weighted by molar-refractivity contribution is 5.82. The number of fused-ring (bicyclic) bond motifs is 1. The lowest BCUT2D eigenvalue weighted by atomic mass is 10.1. The Labute approximate surface area is 141 Å². The maximum atomic E-state index is 12.1. The first-order chi connectivity index (χ1) is 11.6. The molecule has 0 aliphatic carbocycles. The predicted molar refractivity (Wildman–Crippen MR) is 93.6 cm³/mol. The summed E-state index contributed by atoms with van der Waals surface area (Å²) in [5, 5.41) is 12.8. The number of carbonyl (C=O) groups is 1. The third-order valence-electron chi connectivity index (χ3n) is 4.44. The molecule has 126 valence electrons. The largest absolute Gasteiger partial charge is 0.352 e. The molecular formula is C18H23N5O. The zero-order valence-corrected chi connectivity index (χ0v) is 14.4. The van der Waals surface area contributed by atoms with E-state index in [0.29, 0.717) is 19.5 Å². The number of hydrogen-bond donors (Lipinski definition) is 1. The Morgan fingerprint density at radius 3 is 2.71 bits per heavy atom. The second-order valence-electron chi connectivity index (χ2n) is 5.97. The molecule has 1 N–H and O–H groups in total. The van der Waals surface area contributed by atoms with Crippen LogP contribution in [0.3, 0.4) is 0 Å². The van der Waals surface area contributed by atoms with Crippen LogP contribution in [0.1, 0.15) is 30.2 Å². The van der Waals surface area contributed by atoms with Gasteiger partial charge in [-0.2, -0.15) is 10.2 Å². The molecule has 0 aliphatic heterocycles. The number of amides is 1. The second-order valence-corrected chi connectivity index (χ2v) is 5.97. The Balaban J connectivity index is 1.57. The average molecular weight is 325 g/mol. The molecule has 0 saturated carbocycles. The Morgan fingerprint density at radius 2 is 1.96 bits per heavy atom. The van der Waals surface area contributed by atoms with Crippen molar-refractivity contribution in [1.82, 2.24) is 24.9 Å². The number of benzene rings is 1. The van der Waals surface area contributed by atoms with Crippen LogP contribution in [0.4, 0.5) is 0 Å². The van der Waals surface area contributed by atoms with Gasteiger partial charge in [0.2, 0.25) is 5.91 Å². The molecular weight excluding hydrogens is 302 g/mol. The van der Waals surface area contributed by atoms with Gasteiger partial charge in [0.15, 0.2) is 0 Å². The maximum absolute atomic E-state index is 12.1. The minimum absolute atomic E-state index is 0.0231. The summed E-state index contributed by atoms with van der Waals surface area (Å²) in [7, 11) is 0. The Morgan fingerprint density at radius 1 is 1.17 bits per heavy atom. The van der Waals surface area contributed by atoms with Gasteiger partial charge in [-0.25, -0.2) is 0 Å². The Hall–Kier alpha value is -2.63. The van der Waals surface area contributed by atoms with Gasteiger partial charge < -0.3 is 5.32 Å². The summed E-state index contributed by atoms with van der Waals surface area (Å²) in [4.78, 5) is 12.1. The van der Waals surface area contributed by atoms with Crippen LogP contribution < -0.4 is 5.32 Å². The van der Waals surface area contributed by atoms with Crippen molar-refractivity contribution in [2.75, 3.05) is 0 Å². The third kappa shape index (κ3) is 3.18. The lowest BCUT2D eigenvalue weighted by molar-refractivity contribution is -0.121. The van der Waals surface area contributed by atoms with Gasteiger partial charge in [-0.3, -0.25) is 14.2 Å². The zero-order chi connectivity index (χ0) is 17.1. The molecule has 0 saturated heterocycles. The molecule has 0 spiro atoms. The maximum Gasteiger partial charge on any atom is 0.222 e. The molecule has 0 fully saturated rings. The van der Waals surface area contributed by atoms with Gasteiger partial charge in [0.05, 0.1) is 24.5 Å². The molecule has 24 heavy (non-hydrogen) atoms. The van der Waals surface area contributed by atoms with Gasteiger partial charge in [-0.05, 0) is 32.4 Å². The molecule has 6 nitrogen and oxygen atoms in total. The Bertz CT molecular complexity index is 862. The smallest absolute Gasteiger partial charge is 0.222 e. The molecule has 0 aliphatic rings. The van der Waals surface area contributed by atoms with E-state index in [1.165, 1.54) is 5.56 Å². The van der Waals surface area contributed by atoms with Gasteiger partial charge >= 0.3 is 0 Å². The van der Waals surface area contributed by atoms with Crippen LogP contribution >= 0.6 is 0 Å². The van der Waals surface area contributed by atoms with Crippen LogP contribution in [0.25, 0.3) is 10.9 Å². The fraction of sp³-hybridized carbons (Fsp3) is 0.389. The number of nitrogens with zero attached hydrogens (tertiary/aromatic N) is 4. The molecule has 1 aromatic carbocycles. The summed E-state index contributed by atoms with van der Waals surface area (Å²) in [6.45, 7) is 8.08. The molecule has 3 aromatic rings. The standard InChI is InChI=1S/C18H23N5O/c1-4-22-14(3)15(11-20-22)10-19-18(24)8-9-23-17-7-5-6-13(2)16(17)12-21-23/h5-7,11-12H,4,8-10H2,1-3H3,(H,19,24). The van der Waals surface area contributed by atoms with Crippen LogP contribution in [0.15, 0.2) is 30.6 Å². The van der Waals surface area contributed by atoms with E-state index in [9.17, 15) is 4.79 Å². The number of aryl methyl sites for hydroxylation is 3. The van der Waals surface area contributed by atoms with Crippen LogP contribution in [-0.4, -0.2) is 25.5 Å². The molecule has 2 aromatic heterocycles. The zero-order valence-electron chi connectivity index (χ0n) is 14.4. The van der Waals surface area contributed by atoms with Crippen molar-refractivity contribution in [2.45, 2.75) is 46.8 Å². The number of aromatic nitrogens is 4. The van der Waals surface area contributed by atoms with E-state index in [2.05, 4.69) is 35.4 Å². The van der Waals surface area contributed by atoms with E-state index in [1.54, 1.807) is 0 Å². The van der Waals surface area contributed by atoms with Crippen LogP contribution in [-0.2, 0) is 24.4 Å². The molecule has 0 atom stereocenters. The van der Waals surface area contributed by atoms with Gasteiger partial charge in [-0.1, -0.05) is 12.1 Å². The van der Waals surface area contributed by atoms with Crippen molar-refractivity contribution in [3.05, 3.63) is 47.4 Å². The van der Waals surface area contributed by atoms with Gasteiger partial charge in [0.1, 0.15) is 0 Å². The minimum Gasteiger partial charge on any atom is -0.352 e. The number of carbonyl (C=O) groups excluding carboxylic acids is 1. The van der Waals surface area contributed by atoms with Crippen molar-refractivity contribution in [3.63, 3.8) is 0 Å². The summed E-state index contributed by atoms with van der Waals surface area (Å²) in [5.74, 6) is 0.0231. The Kier molecular flexibility index (Phi) is 4.64. The lowest BCUT2D eigenvalue weighted by Crippen LogP contribution is -2.24. The molecule has 0 bridgehead atoms. The van der Waals surface area contributed by atoms with E-state index in [4.69, 9.17) is 0 Å². The fourth-order valence-corrected chi connectivity index (χ4v) is 2.89. The monoisotopic (exact) mass is 325 g/mol. The number of rotatable bonds is 6. The van der Waals surface area contributed by atoms with Gasteiger partial charge in [-0.15, -0.1) is 0 Å². The fourth-order valence-electron chi connectivity index (χ4n) is 2.89. The summed E-state index contributed by atoms with van der Waals surface area (Å²) in [6.07, 6.45) is 4.10. The molecule has 1 amide bonds. The highest BCUT2D eigenvalue weighted by atomic mass is 16.1. The molecule has 0 unspecified atom stereocenters. The van der Waals surface area contributed by atoms with Crippen LogP contribution in [0, 0.1) is 13.8 Å². The van der Waals surface area contributed by atoms with Gasteiger partial charge in [0, 0.05) is 36.2 Å². The van der Waals surface area contributed by atoms with Crippen molar-refractivity contribution in [2.24, 2.45) is 0 Å². The number of hydrogen-bond acceptors (Lipinski definition) is 3. The summed E-state index contributed by atoms with van der Waals surface area (Å²) < 4.78 is 3.82. The highest BCUT2D eigenvalue weighted by Crippen LogP contribution is 2.17. The first-order valence-electron chi connectivity index (χ1n) is 8.29. The molecule has 2 heterocycles. The topological polar surface area (TPSA) is 64.7 Å². The van der Waals surface area contributed by atoms with E-state index in [-0.39, 0.29) is 5.91 Å². The quantitative estimate of drug-likeness (QED) is 0.757. The number of nitrogens with one attached hydrogen (secondary N) is 1. The summed E-state index contributed by atoms with van der Waals surface area (Å²) in [6, 6.07) is 6.12. The van der Waals surface area contributed by atoms with E-state index < -0.39 is 0 Å². The molecule has 6 heteroatoms. The van der Waals surface area contributed by atoms with Crippen molar-refractivity contribution in [3.8, 4) is 0 Å². The highest BCUT2D eigenvalue weighted by Gasteiger charge is 2.09. The second kappa shape index (κ2) is 6.86. The minimum atomic E-state index is 0.0231.